The Kier molecular flexibility index (Phi) is 5.49. The van der Waals surface area contributed by atoms with Crippen LogP contribution in [-0.2, 0) is 11.3 Å². The molecule has 0 radical (unpaired) electrons. The molecule has 2 atom stereocenters. The van der Waals surface area contributed by atoms with Gasteiger partial charge in [-0.2, -0.15) is 5.10 Å². The van der Waals surface area contributed by atoms with E-state index in [0.29, 0.717) is 0 Å². The first-order chi connectivity index (χ1) is 7.76. The lowest BCUT2D eigenvalue weighted by molar-refractivity contribution is 0.0655. The summed E-state index contributed by atoms with van der Waals surface area (Å²) < 4.78 is 7.46. The van der Waals surface area contributed by atoms with E-state index in [9.17, 15) is 0 Å². The van der Waals surface area contributed by atoms with E-state index in [1.807, 2.05) is 10.9 Å². The second-order valence-corrected chi connectivity index (χ2v) is 3.85. The zero-order chi connectivity index (χ0) is 12.0. The molecular weight excluding hydrogens is 202 g/mol. The summed E-state index contributed by atoms with van der Waals surface area (Å²) in [5.41, 5.74) is 1.21. The molecule has 4 nitrogen and oxygen atoms in total. The normalized spacial score (nSPS) is 15.0. The Morgan fingerprint density at radius 2 is 2.19 bits per heavy atom. The van der Waals surface area contributed by atoms with Gasteiger partial charge in [0.05, 0.1) is 18.3 Å². The second-order valence-electron chi connectivity index (χ2n) is 3.85. The van der Waals surface area contributed by atoms with Crippen molar-refractivity contribution in [3.05, 3.63) is 18.0 Å². The summed E-state index contributed by atoms with van der Waals surface area (Å²) in [5.74, 6) is 0. The number of aryl methyl sites for hydroxylation is 1. The number of ether oxygens (including phenoxy) is 1. The Bertz CT molecular complexity index is 294. The van der Waals surface area contributed by atoms with Gasteiger partial charge in [0.25, 0.3) is 0 Å². The Hall–Kier alpha value is -0.870. The summed E-state index contributed by atoms with van der Waals surface area (Å²) in [7, 11) is 1.77. The lowest BCUT2D eigenvalue weighted by atomic mass is 10.0. The van der Waals surface area contributed by atoms with Gasteiger partial charge >= 0.3 is 0 Å². The first kappa shape index (κ1) is 13.2. The predicted octanol–water partition coefficient (Wildman–Crippen LogP) is 1.98. The molecular formula is C12H23N3O. The monoisotopic (exact) mass is 225 g/mol. The molecule has 0 aliphatic rings. The highest BCUT2D eigenvalue weighted by molar-refractivity contribution is 5.12. The minimum absolute atomic E-state index is 0.203. The van der Waals surface area contributed by atoms with Gasteiger partial charge in [0.1, 0.15) is 0 Å². The zero-order valence-electron chi connectivity index (χ0n) is 10.7. The lowest BCUT2D eigenvalue weighted by Crippen LogP contribution is -2.32. The van der Waals surface area contributed by atoms with Crippen molar-refractivity contribution in [3.8, 4) is 0 Å². The van der Waals surface area contributed by atoms with Crippen LogP contribution in [0.2, 0.25) is 0 Å². The zero-order valence-corrected chi connectivity index (χ0v) is 10.7. The minimum atomic E-state index is 0.203. The van der Waals surface area contributed by atoms with E-state index in [4.69, 9.17) is 4.74 Å². The van der Waals surface area contributed by atoms with Crippen molar-refractivity contribution in [2.75, 3.05) is 13.7 Å². The molecule has 0 fully saturated rings. The van der Waals surface area contributed by atoms with Gasteiger partial charge in [0, 0.05) is 25.4 Å². The van der Waals surface area contributed by atoms with Gasteiger partial charge < -0.3 is 10.1 Å². The summed E-state index contributed by atoms with van der Waals surface area (Å²) in [5, 5.41) is 7.77. The summed E-state index contributed by atoms with van der Waals surface area (Å²) in [6.07, 6.45) is 5.22. The van der Waals surface area contributed by atoms with Gasteiger partial charge in [-0.05, 0) is 19.9 Å². The highest BCUT2D eigenvalue weighted by atomic mass is 16.5. The van der Waals surface area contributed by atoms with Crippen LogP contribution in [0.15, 0.2) is 12.4 Å². The standard InChI is InChI=1S/C12H23N3O/c1-5-11(16-4)12(13-6-2)10-8-14-15(7-3)9-10/h8-9,11-13H,5-7H2,1-4H3. The van der Waals surface area contributed by atoms with Crippen molar-refractivity contribution in [2.24, 2.45) is 0 Å². The molecule has 2 unspecified atom stereocenters. The van der Waals surface area contributed by atoms with Crippen LogP contribution in [0, 0.1) is 0 Å². The van der Waals surface area contributed by atoms with Crippen LogP contribution >= 0.6 is 0 Å². The molecule has 0 aliphatic carbocycles. The molecule has 16 heavy (non-hydrogen) atoms. The number of methoxy groups -OCH3 is 1. The van der Waals surface area contributed by atoms with Gasteiger partial charge in [-0.15, -0.1) is 0 Å². The van der Waals surface area contributed by atoms with Crippen LogP contribution in [-0.4, -0.2) is 29.5 Å². The highest BCUT2D eigenvalue weighted by Gasteiger charge is 2.21. The maximum absolute atomic E-state index is 5.51. The maximum atomic E-state index is 5.51. The van der Waals surface area contributed by atoms with Gasteiger partial charge in [0.15, 0.2) is 0 Å². The molecule has 0 saturated heterocycles. The molecule has 1 N–H and O–H groups in total. The fourth-order valence-corrected chi connectivity index (χ4v) is 1.94. The van der Waals surface area contributed by atoms with Crippen LogP contribution in [0.5, 0.6) is 0 Å². The van der Waals surface area contributed by atoms with E-state index in [1.54, 1.807) is 7.11 Å². The van der Waals surface area contributed by atoms with E-state index >= 15 is 0 Å². The number of hydrogen-bond acceptors (Lipinski definition) is 3. The first-order valence-corrected chi connectivity index (χ1v) is 6.05. The van der Waals surface area contributed by atoms with E-state index in [2.05, 4.69) is 37.4 Å². The van der Waals surface area contributed by atoms with Crippen molar-refractivity contribution in [3.63, 3.8) is 0 Å². The molecule has 0 amide bonds. The number of likely N-dealkylation sites (N-methyl/N-ethyl adjacent to an activating group) is 1. The van der Waals surface area contributed by atoms with Gasteiger partial charge in [0.2, 0.25) is 0 Å². The Labute approximate surface area is 98.0 Å². The SMILES string of the molecule is CCNC(c1cnn(CC)c1)C(CC)OC. The number of aromatic nitrogens is 2. The van der Waals surface area contributed by atoms with Crippen molar-refractivity contribution in [1.29, 1.82) is 0 Å². The van der Waals surface area contributed by atoms with Crippen LogP contribution < -0.4 is 5.32 Å². The molecule has 1 aromatic heterocycles. The molecule has 0 saturated carbocycles. The van der Waals surface area contributed by atoms with E-state index in [1.165, 1.54) is 5.56 Å². The molecule has 4 heteroatoms. The smallest absolute Gasteiger partial charge is 0.0764 e. The van der Waals surface area contributed by atoms with Crippen LogP contribution in [0.25, 0.3) is 0 Å². The van der Waals surface area contributed by atoms with Gasteiger partial charge in [-0.1, -0.05) is 13.8 Å². The van der Waals surface area contributed by atoms with Crippen molar-refractivity contribution in [2.45, 2.75) is 45.9 Å². The number of nitrogens with zero attached hydrogens (tertiary/aromatic N) is 2. The molecule has 0 aromatic carbocycles. The topological polar surface area (TPSA) is 39.1 Å². The van der Waals surface area contributed by atoms with Crippen molar-refractivity contribution in [1.82, 2.24) is 15.1 Å². The molecule has 0 spiro atoms. The average Bonchev–Trinajstić information content (AvgIpc) is 2.77. The van der Waals surface area contributed by atoms with Crippen LogP contribution in [0.3, 0.4) is 0 Å². The molecule has 0 aliphatic heterocycles. The summed E-state index contributed by atoms with van der Waals surface area (Å²) in [4.78, 5) is 0. The molecule has 1 heterocycles. The number of nitrogens with one attached hydrogen (secondary N) is 1. The third-order valence-corrected chi connectivity index (χ3v) is 2.84. The van der Waals surface area contributed by atoms with Gasteiger partial charge in [-0.25, -0.2) is 0 Å². The Morgan fingerprint density at radius 1 is 1.44 bits per heavy atom. The van der Waals surface area contributed by atoms with Crippen molar-refractivity contribution < 1.29 is 4.74 Å². The predicted molar refractivity (Wildman–Crippen MR) is 65.4 cm³/mol. The maximum Gasteiger partial charge on any atom is 0.0764 e. The quantitative estimate of drug-likeness (QED) is 0.771. The van der Waals surface area contributed by atoms with Crippen LogP contribution in [0.1, 0.15) is 38.8 Å². The number of rotatable bonds is 7. The fourth-order valence-electron chi connectivity index (χ4n) is 1.94. The van der Waals surface area contributed by atoms with E-state index in [-0.39, 0.29) is 12.1 Å². The summed E-state index contributed by atoms with van der Waals surface area (Å²) >= 11 is 0. The molecule has 1 rings (SSSR count). The third-order valence-electron chi connectivity index (χ3n) is 2.84. The van der Waals surface area contributed by atoms with Gasteiger partial charge in [-0.3, -0.25) is 4.68 Å². The molecule has 0 bridgehead atoms. The third kappa shape index (κ3) is 3.06. The summed E-state index contributed by atoms with van der Waals surface area (Å²) in [6, 6.07) is 0.236. The van der Waals surface area contributed by atoms with Crippen molar-refractivity contribution >= 4 is 0 Å². The average molecular weight is 225 g/mol. The first-order valence-electron chi connectivity index (χ1n) is 6.05. The summed E-state index contributed by atoms with van der Waals surface area (Å²) in [6.45, 7) is 8.18. The Morgan fingerprint density at radius 3 is 2.62 bits per heavy atom. The second kappa shape index (κ2) is 6.66. The highest BCUT2D eigenvalue weighted by Crippen LogP contribution is 2.20. The molecule has 92 valence electrons. The van der Waals surface area contributed by atoms with E-state index < -0.39 is 0 Å². The number of hydrogen-bond donors (Lipinski definition) is 1. The van der Waals surface area contributed by atoms with Crippen LogP contribution in [0.4, 0.5) is 0 Å². The largest absolute Gasteiger partial charge is 0.379 e. The Balaban J connectivity index is 2.82. The van der Waals surface area contributed by atoms with E-state index in [0.717, 1.165) is 19.5 Å². The fraction of sp³-hybridized carbons (Fsp3) is 0.750. The minimum Gasteiger partial charge on any atom is -0.379 e. The molecule has 1 aromatic rings. The lowest BCUT2D eigenvalue weighted by Gasteiger charge is -2.24.